The van der Waals surface area contributed by atoms with Crippen LogP contribution in [0.25, 0.3) is 11.3 Å². The predicted octanol–water partition coefficient (Wildman–Crippen LogP) is 2.97. The van der Waals surface area contributed by atoms with Gasteiger partial charge in [-0.2, -0.15) is 0 Å². The number of hydrogen-bond acceptors (Lipinski definition) is 4. The highest BCUT2D eigenvalue weighted by atomic mass is 35.5. The van der Waals surface area contributed by atoms with Crippen molar-refractivity contribution in [1.82, 2.24) is 14.9 Å². The number of rotatable bonds is 4. The Morgan fingerprint density at radius 3 is 2.95 bits per heavy atom. The Bertz CT molecular complexity index is 633. The van der Waals surface area contributed by atoms with E-state index in [9.17, 15) is 0 Å². The lowest BCUT2D eigenvalue weighted by Gasteiger charge is -2.32. The monoisotopic (exact) mass is 317 g/mol. The van der Waals surface area contributed by atoms with E-state index in [-0.39, 0.29) is 6.61 Å². The van der Waals surface area contributed by atoms with E-state index in [4.69, 9.17) is 16.7 Å². The number of benzene rings is 1. The van der Waals surface area contributed by atoms with Crippen LogP contribution in [0.2, 0.25) is 5.02 Å². The van der Waals surface area contributed by atoms with Crippen molar-refractivity contribution in [2.24, 2.45) is 0 Å². The number of aliphatic hydroxyl groups excluding tert-OH is 1. The number of β-amino-alcohol motifs (C(OH)–C–C–N with tert-alkyl or cyclic N) is 1. The van der Waals surface area contributed by atoms with E-state index in [1.807, 2.05) is 24.3 Å². The molecule has 2 heterocycles. The maximum atomic E-state index is 9.15. The normalized spacial score (nSPS) is 19.3. The average molecular weight is 318 g/mol. The third-order valence-corrected chi connectivity index (χ3v) is 4.37. The maximum absolute atomic E-state index is 9.15. The number of aliphatic hydroxyl groups is 1. The van der Waals surface area contributed by atoms with Gasteiger partial charge in [-0.1, -0.05) is 23.7 Å². The number of halogens is 1. The molecule has 0 unspecified atom stereocenters. The van der Waals surface area contributed by atoms with Crippen LogP contribution in [-0.4, -0.2) is 46.2 Å². The first-order chi connectivity index (χ1) is 10.8. The minimum absolute atomic E-state index is 0.203. The Kier molecular flexibility index (Phi) is 5.03. The van der Waals surface area contributed by atoms with Gasteiger partial charge in [-0.25, -0.2) is 0 Å². The quantitative estimate of drug-likeness (QED) is 0.942. The van der Waals surface area contributed by atoms with Gasteiger partial charge in [-0.15, -0.1) is 0 Å². The zero-order valence-electron chi connectivity index (χ0n) is 12.5. The second kappa shape index (κ2) is 7.18. The van der Waals surface area contributed by atoms with Crippen molar-refractivity contribution in [2.75, 3.05) is 26.2 Å². The second-order valence-electron chi connectivity index (χ2n) is 5.66. The summed E-state index contributed by atoms with van der Waals surface area (Å²) in [5.41, 5.74) is 2.96. The van der Waals surface area contributed by atoms with E-state index in [2.05, 4.69) is 14.9 Å². The molecule has 3 rings (SSSR count). The van der Waals surface area contributed by atoms with E-state index in [1.165, 1.54) is 0 Å². The van der Waals surface area contributed by atoms with Crippen molar-refractivity contribution >= 4 is 11.6 Å². The van der Waals surface area contributed by atoms with Crippen LogP contribution in [-0.2, 0) is 0 Å². The van der Waals surface area contributed by atoms with Gasteiger partial charge in [0.05, 0.1) is 18.0 Å². The third kappa shape index (κ3) is 3.46. The smallest absolute Gasteiger partial charge is 0.0921 e. The lowest BCUT2D eigenvalue weighted by Crippen LogP contribution is -2.36. The minimum Gasteiger partial charge on any atom is -0.395 e. The highest BCUT2D eigenvalue weighted by molar-refractivity contribution is 6.30. The molecular weight excluding hydrogens is 298 g/mol. The van der Waals surface area contributed by atoms with E-state index in [1.54, 1.807) is 12.4 Å². The Labute approximate surface area is 135 Å². The van der Waals surface area contributed by atoms with Gasteiger partial charge in [0, 0.05) is 42.0 Å². The number of aromatic nitrogens is 2. The molecule has 2 aromatic rings. The number of hydrogen-bond donors (Lipinski definition) is 1. The van der Waals surface area contributed by atoms with Crippen LogP contribution < -0.4 is 0 Å². The van der Waals surface area contributed by atoms with Gasteiger partial charge in [0.1, 0.15) is 0 Å². The molecule has 22 heavy (non-hydrogen) atoms. The summed E-state index contributed by atoms with van der Waals surface area (Å²) in [7, 11) is 0. The van der Waals surface area contributed by atoms with Gasteiger partial charge >= 0.3 is 0 Å². The van der Waals surface area contributed by atoms with Crippen LogP contribution in [0, 0.1) is 0 Å². The summed E-state index contributed by atoms with van der Waals surface area (Å²) in [6, 6.07) is 7.76. The highest BCUT2D eigenvalue weighted by Gasteiger charge is 2.25. The fraction of sp³-hybridized carbons (Fsp3) is 0.412. The molecule has 5 heteroatoms. The molecule has 1 aromatic heterocycles. The van der Waals surface area contributed by atoms with Gasteiger partial charge < -0.3 is 10.0 Å². The Balaban J connectivity index is 1.91. The van der Waals surface area contributed by atoms with Gasteiger partial charge in [0.25, 0.3) is 0 Å². The largest absolute Gasteiger partial charge is 0.395 e. The van der Waals surface area contributed by atoms with Crippen LogP contribution in [0.4, 0.5) is 0 Å². The van der Waals surface area contributed by atoms with Crippen molar-refractivity contribution in [1.29, 1.82) is 0 Å². The van der Waals surface area contributed by atoms with Gasteiger partial charge in [-0.05, 0) is 31.5 Å². The van der Waals surface area contributed by atoms with Gasteiger partial charge in [0.2, 0.25) is 0 Å². The van der Waals surface area contributed by atoms with Crippen LogP contribution in [0.3, 0.4) is 0 Å². The topological polar surface area (TPSA) is 49.2 Å². The fourth-order valence-electron chi connectivity index (χ4n) is 3.13. The second-order valence-corrected chi connectivity index (χ2v) is 6.10. The summed E-state index contributed by atoms with van der Waals surface area (Å²) in [6.45, 7) is 2.90. The van der Waals surface area contributed by atoms with Gasteiger partial charge in [-0.3, -0.25) is 9.97 Å². The summed E-state index contributed by atoms with van der Waals surface area (Å²) in [5.74, 6) is 0.350. The Hall–Kier alpha value is -1.49. The zero-order valence-corrected chi connectivity index (χ0v) is 13.2. The van der Waals surface area contributed by atoms with Crippen LogP contribution in [0.1, 0.15) is 24.5 Å². The minimum atomic E-state index is 0.203. The summed E-state index contributed by atoms with van der Waals surface area (Å²) < 4.78 is 0. The van der Waals surface area contributed by atoms with Crippen molar-refractivity contribution in [2.45, 2.75) is 18.8 Å². The molecule has 1 aliphatic heterocycles. The van der Waals surface area contributed by atoms with Crippen molar-refractivity contribution < 1.29 is 5.11 Å². The maximum Gasteiger partial charge on any atom is 0.0921 e. The molecule has 116 valence electrons. The van der Waals surface area contributed by atoms with Crippen molar-refractivity contribution in [3.63, 3.8) is 0 Å². The lowest BCUT2D eigenvalue weighted by atomic mass is 9.91. The molecule has 0 amide bonds. The molecule has 1 atom stereocenters. The summed E-state index contributed by atoms with van der Waals surface area (Å²) >= 11 is 6.11. The number of likely N-dealkylation sites (tertiary alicyclic amines) is 1. The van der Waals surface area contributed by atoms with Crippen molar-refractivity contribution in [3.05, 3.63) is 47.4 Å². The van der Waals surface area contributed by atoms with Crippen molar-refractivity contribution in [3.8, 4) is 11.3 Å². The molecule has 1 N–H and O–H groups in total. The number of piperidine rings is 1. The molecule has 4 nitrogen and oxygen atoms in total. The van der Waals surface area contributed by atoms with E-state index < -0.39 is 0 Å². The Morgan fingerprint density at radius 2 is 2.14 bits per heavy atom. The molecule has 0 saturated carbocycles. The van der Waals surface area contributed by atoms with Crippen LogP contribution in [0.15, 0.2) is 36.7 Å². The van der Waals surface area contributed by atoms with Crippen LogP contribution in [0.5, 0.6) is 0 Å². The SMILES string of the molecule is OCCN1CCC[C@@H](c2nccnc2-c2cccc(Cl)c2)C1. The van der Waals surface area contributed by atoms with E-state index >= 15 is 0 Å². The predicted molar refractivity (Wildman–Crippen MR) is 88.0 cm³/mol. The molecule has 0 spiro atoms. The molecule has 0 radical (unpaired) electrons. The van der Waals surface area contributed by atoms with E-state index in [0.29, 0.717) is 10.9 Å². The molecular formula is C17H20ClN3O. The van der Waals surface area contributed by atoms with Gasteiger partial charge in [0.15, 0.2) is 0 Å². The molecule has 0 aliphatic carbocycles. The number of nitrogens with zero attached hydrogens (tertiary/aromatic N) is 3. The first kappa shape index (κ1) is 15.4. The lowest BCUT2D eigenvalue weighted by molar-refractivity contribution is 0.160. The third-order valence-electron chi connectivity index (χ3n) is 4.13. The Morgan fingerprint density at radius 1 is 1.27 bits per heavy atom. The highest BCUT2D eigenvalue weighted by Crippen LogP contribution is 2.32. The molecule has 1 aliphatic rings. The summed E-state index contributed by atoms with van der Waals surface area (Å²) in [4.78, 5) is 11.5. The molecule has 1 aromatic carbocycles. The molecule has 1 saturated heterocycles. The summed E-state index contributed by atoms with van der Waals surface area (Å²) in [5, 5.41) is 9.86. The van der Waals surface area contributed by atoms with Crippen LogP contribution >= 0.6 is 11.6 Å². The standard InChI is InChI=1S/C17H20ClN3O/c18-15-5-1-3-13(11-15)16-17(20-7-6-19-16)14-4-2-8-21(12-14)9-10-22/h1,3,5-7,11,14,22H,2,4,8-10,12H2/t14-/m1/s1. The average Bonchev–Trinajstić information content (AvgIpc) is 2.55. The summed E-state index contributed by atoms with van der Waals surface area (Å²) in [6.07, 6.45) is 5.72. The zero-order chi connectivity index (χ0) is 15.4. The fourth-order valence-corrected chi connectivity index (χ4v) is 3.32. The first-order valence-corrected chi connectivity index (χ1v) is 8.06. The molecule has 1 fully saturated rings. The first-order valence-electron chi connectivity index (χ1n) is 7.68. The molecule has 0 bridgehead atoms. The van der Waals surface area contributed by atoms with E-state index in [0.717, 1.165) is 49.4 Å².